The molecule has 0 aromatic heterocycles. The van der Waals surface area contributed by atoms with E-state index in [9.17, 15) is 0 Å². The smallest absolute Gasteiger partial charge is 0.194 e. The molecule has 0 saturated carbocycles. The highest BCUT2D eigenvalue weighted by Crippen LogP contribution is 2.21. The van der Waals surface area contributed by atoms with E-state index in [2.05, 4.69) is 45.5 Å². The zero-order valence-corrected chi connectivity index (χ0v) is 16.4. The first-order chi connectivity index (χ1) is 11.3. The van der Waals surface area contributed by atoms with Crippen molar-refractivity contribution in [2.24, 2.45) is 4.99 Å². The molecule has 0 bridgehead atoms. The SMILES string of the molecule is COCCN1CCN=C1NCc1ccc2cc(OC)ccc2c1.I. The number of nitrogens with one attached hydrogen (secondary N) is 1. The fraction of sp³-hybridized carbons (Fsp3) is 0.389. The van der Waals surface area contributed by atoms with E-state index in [1.165, 1.54) is 16.3 Å². The lowest BCUT2D eigenvalue weighted by molar-refractivity contribution is 0.178. The third-order valence-corrected chi connectivity index (χ3v) is 4.06. The van der Waals surface area contributed by atoms with Crippen LogP contribution >= 0.6 is 24.0 Å². The number of nitrogens with zero attached hydrogens (tertiary/aromatic N) is 2. The lowest BCUT2D eigenvalue weighted by atomic mass is 10.1. The fourth-order valence-corrected chi connectivity index (χ4v) is 2.76. The third kappa shape index (κ3) is 4.51. The van der Waals surface area contributed by atoms with Crippen LogP contribution in [0, 0.1) is 0 Å². The summed E-state index contributed by atoms with van der Waals surface area (Å²) in [6.07, 6.45) is 0. The number of hydrogen-bond acceptors (Lipinski definition) is 5. The van der Waals surface area contributed by atoms with Crippen LogP contribution in [-0.2, 0) is 11.3 Å². The second-order valence-corrected chi connectivity index (χ2v) is 5.59. The Morgan fingerprint density at radius 2 is 1.92 bits per heavy atom. The van der Waals surface area contributed by atoms with E-state index in [0.29, 0.717) is 0 Å². The summed E-state index contributed by atoms with van der Waals surface area (Å²) in [7, 11) is 3.42. The minimum Gasteiger partial charge on any atom is -0.497 e. The average Bonchev–Trinajstić information content (AvgIpc) is 3.04. The zero-order valence-electron chi connectivity index (χ0n) is 14.1. The van der Waals surface area contributed by atoms with Gasteiger partial charge in [0.05, 0.1) is 20.3 Å². The van der Waals surface area contributed by atoms with Crippen LogP contribution in [0.4, 0.5) is 0 Å². The fourth-order valence-electron chi connectivity index (χ4n) is 2.76. The maximum atomic E-state index is 5.27. The first kappa shape index (κ1) is 18.8. The summed E-state index contributed by atoms with van der Waals surface area (Å²) in [5.41, 5.74) is 1.24. The Labute approximate surface area is 160 Å². The summed E-state index contributed by atoms with van der Waals surface area (Å²) in [5.74, 6) is 1.86. The molecule has 1 heterocycles. The molecule has 5 nitrogen and oxygen atoms in total. The molecular formula is C18H24IN3O2. The van der Waals surface area contributed by atoms with Gasteiger partial charge in [0.1, 0.15) is 5.75 Å². The molecule has 6 heteroatoms. The number of guanidine groups is 1. The number of rotatable bonds is 6. The molecule has 3 rings (SSSR count). The highest BCUT2D eigenvalue weighted by molar-refractivity contribution is 14.0. The lowest BCUT2D eigenvalue weighted by Gasteiger charge is -2.20. The molecule has 2 aromatic carbocycles. The Bertz CT molecular complexity index is 706. The van der Waals surface area contributed by atoms with Gasteiger partial charge in [-0.3, -0.25) is 4.99 Å². The van der Waals surface area contributed by atoms with E-state index in [1.807, 2.05) is 6.07 Å². The quantitative estimate of drug-likeness (QED) is 0.701. The van der Waals surface area contributed by atoms with Crippen molar-refractivity contribution in [3.63, 3.8) is 0 Å². The van der Waals surface area contributed by atoms with Gasteiger partial charge in [0.25, 0.3) is 0 Å². The minimum atomic E-state index is 0. The van der Waals surface area contributed by atoms with Crippen LogP contribution in [0.1, 0.15) is 5.56 Å². The summed E-state index contributed by atoms with van der Waals surface area (Å²) < 4.78 is 10.4. The van der Waals surface area contributed by atoms with Gasteiger partial charge in [0.15, 0.2) is 5.96 Å². The normalized spacial score (nSPS) is 13.6. The summed E-state index contributed by atoms with van der Waals surface area (Å²) >= 11 is 0. The van der Waals surface area contributed by atoms with Crippen molar-refractivity contribution in [3.05, 3.63) is 42.0 Å². The summed E-state index contributed by atoms with van der Waals surface area (Å²) in [6, 6.07) is 12.6. The lowest BCUT2D eigenvalue weighted by Crippen LogP contribution is -2.39. The minimum absolute atomic E-state index is 0. The second-order valence-electron chi connectivity index (χ2n) is 5.59. The van der Waals surface area contributed by atoms with Crippen LogP contribution in [0.3, 0.4) is 0 Å². The van der Waals surface area contributed by atoms with Gasteiger partial charge in [-0.15, -0.1) is 24.0 Å². The van der Waals surface area contributed by atoms with Crippen LogP contribution in [0.2, 0.25) is 0 Å². The number of hydrogen-bond donors (Lipinski definition) is 1. The Balaban J connectivity index is 0.00000208. The van der Waals surface area contributed by atoms with Crippen molar-refractivity contribution in [2.75, 3.05) is 40.5 Å². The maximum Gasteiger partial charge on any atom is 0.194 e. The predicted molar refractivity (Wildman–Crippen MR) is 109 cm³/mol. The van der Waals surface area contributed by atoms with E-state index >= 15 is 0 Å². The summed E-state index contributed by atoms with van der Waals surface area (Å²) in [4.78, 5) is 6.76. The van der Waals surface area contributed by atoms with Crippen LogP contribution in [0.15, 0.2) is 41.4 Å². The Kier molecular flexibility index (Phi) is 7.11. The molecule has 24 heavy (non-hydrogen) atoms. The standard InChI is InChI=1S/C18H23N3O2.HI/c1-22-10-9-21-8-7-19-18(21)20-13-14-3-4-16-12-17(23-2)6-5-15(16)11-14;/h3-6,11-12H,7-10,13H2,1-2H3,(H,19,20);1H. The number of benzene rings is 2. The Hall–Kier alpha value is -1.54. The molecule has 0 fully saturated rings. The number of ether oxygens (including phenoxy) is 2. The molecule has 0 saturated heterocycles. The highest BCUT2D eigenvalue weighted by atomic mass is 127. The predicted octanol–water partition coefficient (Wildman–Crippen LogP) is 2.87. The van der Waals surface area contributed by atoms with E-state index in [4.69, 9.17) is 9.47 Å². The highest BCUT2D eigenvalue weighted by Gasteiger charge is 2.15. The Morgan fingerprint density at radius 1 is 1.12 bits per heavy atom. The number of aliphatic imine (C=N–C) groups is 1. The average molecular weight is 441 g/mol. The van der Waals surface area contributed by atoms with Gasteiger partial charge < -0.3 is 19.7 Å². The van der Waals surface area contributed by atoms with Crippen molar-refractivity contribution < 1.29 is 9.47 Å². The van der Waals surface area contributed by atoms with Crippen molar-refractivity contribution >= 4 is 40.7 Å². The van der Waals surface area contributed by atoms with Crippen molar-refractivity contribution in [1.82, 2.24) is 10.2 Å². The molecule has 0 spiro atoms. The van der Waals surface area contributed by atoms with Crippen molar-refractivity contribution in [3.8, 4) is 5.75 Å². The number of fused-ring (bicyclic) bond motifs is 1. The van der Waals surface area contributed by atoms with E-state index in [1.54, 1.807) is 14.2 Å². The molecule has 0 atom stereocenters. The third-order valence-electron chi connectivity index (χ3n) is 4.06. The van der Waals surface area contributed by atoms with Crippen LogP contribution in [-0.4, -0.2) is 51.3 Å². The molecule has 0 radical (unpaired) electrons. The van der Waals surface area contributed by atoms with Gasteiger partial charge in [-0.25, -0.2) is 0 Å². The first-order valence-corrected chi connectivity index (χ1v) is 7.89. The maximum absolute atomic E-state index is 5.27. The van der Waals surface area contributed by atoms with Crippen LogP contribution in [0.25, 0.3) is 10.8 Å². The van der Waals surface area contributed by atoms with Crippen molar-refractivity contribution in [1.29, 1.82) is 0 Å². The summed E-state index contributed by atoms with van der Waals surface area (Å²) in [6.45, 7) is 4.18. The largest absolute Gasteiger partial charge is 0.497 e. The van der Waals surface area contributed by atoms with E-state index in [0.717, 1.165) is 44.5 Å². The van der Waals surface area contributed by atoms with Gasteiger partial charge in [-0.2, -0.15) is 0 Å². The van der Waals surface area contributed by atoms with Gasteiger partial charge in [-0.05, 0) is 34.5 Å². The molecular weight excluding hydrogens is 417 g/mol. The number of halogens is 1. The van der Waals surface area contributed by atoms with Gasteiger partial charge in [0.2, 0.25) is 0 Å². The second kappa shape index (κ2) is 9.08. The molecule has 1 N–H and O–H groups in total. The van der Waals surface area contributed by atoms with Gasteiger partial charge in [0, 0.05) is 26.7 Å². The summed E-state index contributed by atoms with van der Waals surface area (Å²) in [5, 5.41) is 5.85. The van der Waals surface area contributed by atoms with Gasteiger partial charge >= 0.3 is 0 Å². The monoisotopic (exact) mass is 441 g/mol. The molecule has 0 unspecified atom stereocenters. The topological polar surface area (TPSA) is 46.1 Å². The van der Waals surface area contributed by atoms with Crippen molar-refractivity contribution in [2.45, 2.75) is 6.54 Å². The number of methoxy groups -OCH3 is 2. The van der Waals surface area contributed by atoms with E-state index in [-0.39, 0.29) is 24.0 Å². The molecule has 0 amide bonds. The zero-order chi connectivity index (χ0) is 16.1. The molecule has 2 aromatic rings. The molecule has 1 aliphatic heterocycles. The Morgan fingerprint density at radius 3 is 2.71 bits per heavy atom. The molecule has 0 aliphatic carbocycles. The molecule has 1 aliphatic rings. The molecule has 130 valence electrons. The van der Waals surface area contributed by atoms with Crippen LogP contribution < -0.4 is 10.1 Å². The van der Waals surface area contributed by atoms with Crippen LogP contribution in [0.5, 0.6) is 5.75 Å². The van der Waals surface area contributed by atoms with Gasteiger partial charge in [-0.1, -0.05) is 18.2 Å². The van der Waals surface area contributed by atoms with E-state index < -0.39 is 0 Å². The first-order valence-electron chi connectivity index (χ1n) is 7.89.